The predicted molar refractivity (Wildman–Crippen MR) is 80.9 cm³/mol. The molecule has 0 aromatic heterocycles. The van der Waals surface area contributed by atoms with Gasteiger partial charge in [-0.25, -0.2) is 4.39 Å². The van der Waals surface area contributed by atoms with Crippen molar-refractivity contribution in [3.05, 3.63) is 28.0 Å². The van der Waals surface area contributed by atoms with Crippen LogP contribution in [0.5, 0.6) is 0 Å². The lowest BCUT2D eigenvalue weighted by Crippen LogP contribution is -2.52. The lowest BCUT2D eigenvalue weighted by Gasteiger charge is -2.40. The molecule has 2 rings (SSSR count). The highest BCUT2D eigenvalue weighted by molar-refractivity contribution is 9.10. The van der Waals surface area contributed by atoms with Crippen LogP contribution in [0.15, 0.2) is 16.6 Å². The quantitative estimate of drug-likeness (QED) is 0.925. The summed E-state index contributed by atoms with van der Waals surface area (Å²) in [6.45, 7) is 8.46. The van der Waals surface area contributed by atoms with Crippen LogP contribution in [0.3, 0.4) is 0 Å². The number of likely N-dealkylation sites (N-methyl/N-ethyl adjacent to an activating group) is 1. The fourth-order valence-electron chi connectivity index (χ4n) is 2.66. The van der Waals surface area contributed by atoms with Crippen molar-refractivity contribution in [1.82, 2.24) is 4.90 Å². The molecule has 19 heavy (non-hydrogen) atoms. The first-order valence-corrected chi connectivity index (χ1v) is 7.53. The first kappa shape index (κ1) is 14.8. The second-order valence-corrected chi connectivity index (χ2v) is 5.79. The minimum absolute atomic E-state index is 0.194. The van der Waals surface area contributed by atoms with Gasteiger partial charge in [0, 0.05) is 32.2 Å². The normalized spacial score (nSPS) is 20.9. The topological polar surface area (TPSA) is 32.5 Å². The Morgan fingerprint density at radius 3 is 2.74 bits per heavy atom. The van der Waals surface area contributed by atoms with E-state index in [-0.39, 0.29) is 5.82 Å². The molecule has 2 N–H and O–H groups in total. The van der Waals surface area contributed by atoms with E-state index in [4.69, 9.17) is 5.73 Å². The lowest BCUT2D eigenvalue weighted by molar-refractivity contribution is 0.199. The molecule has 0 saturated carbocycles. The van der Waals surface area contributed by atoms with E-state index in [1.54, 1.807) is 0 Å². The molecule has 1 aromatic rings. The van der Waals surface area contributed by atoms with Crippen molar-refractivity contribution in [3.8, 4) is 0 Å². The van der Waals surface area contributed by atoms with Crippen LogP contribution in [0.4, 0.5) is 10.1 Å². The van der Waals surface area contributed by atoms with E-state index >= 15 is 0 Å². The Hall–Kier alpha value is -0.650. The van der Waals surface area contributed by atoms with Crippen LogP contribution in [0.2, 0.25) is 0 Å². The highest BCUT2D eigenvalue weighted by Gasteiger charge is 2.25. The predicted octanol–water partition coefficient (Wildman–Crippen LogP) is 2.58. The monoisotopic (exact) mass is 329 g/mol. The molecular formula is C14H21BrFN3. The number of halogens is 2. The van der Waals surface area contributed by atoms with Gasteiger partial charge in [-0.15, -0.1) is 0 Å². The summed E-state index contributed by atoms with van der Waals surface area (Å²) in [5.41, 5.74) is 7.07. The molecule has 1 atom stereocenters. The van der Waals surface area contributed by atoms with Crippen molar-refractivity contribution >= 4 is 21.6 Å². The summed E-state index contributed by atoms with van der Waals surface area (Å²) < 4.78 is 14.9. The average Bonchev–Trinajstić information content (AvgIpc) is 2.41. The Kier molecular flexibility index (Phi) is 4.81. The largest absolute Gasteiger partial charge is 0.366 e. The first-order valence-electron chi connectivity index (χ1n) is 6.74. The number of nitrogens with two attached hydrogens (primary N) is 1. The van der Waals surface area contributed by atoms with Gasteiger partial charge in [-0.2, -0.15) is 0 Å². The van der Waals surface area contributed by atoms with E-state index in [1.165, 1.54) is 0 Å². The number of hydrogen-bond acceptors (Lipinski definition) is 3. The van der Waals surface area contributed by atoms with E-state index in [0.29, 0.717) is 22.7 Å². The number of hydrogen-bond donors (Lipinski definition) is 1. The Morgan fingerprint density at radius 1 is 1.42 bits per heavy atom. The van der Waals surface area contributed by atoms with Crippen LogP contribution in [-0.2, 0) is 6.54 Å². The molecule has 1 aliphatic heterocycles. The third kappa shape index (κ3) is 2.93. The van der Waals surface area contributed by atoms with Gasteiger partial charge in [-0.05, 0) is 41.0 Å². The molecule has 0 spiro atoms. The van der Waals surface area contributed by atoms with Crippen molar-refractivity contribution in [1.29, 1.82) is 0 Å². The third-order valence-electron chi connectivity index (χ3n) is 3.87. The molecular weight excluding hydrogens is 309 g/mol. The van der Waals surface area contributed by atoms with Crippen LogP contribution in [0.1, 0.15) is 19.4 Å². The van der Waals surface area contributed by atoms with E-state index in [9.17, 15) is 4.39 Å². The average molecular weight is 330 g/mol. The highest BCUT2D eigenvalue weighted by atomic mass is 79.9. The molecule has 1 unspecified atom stereocenters. The molecule has 106 valence electrons. The molecule has 0 amide bonds. The lowest BCUT2D eigenvalue weighted by atomic mass is 10.1. The standard InChI is InChI=1S/C14H21BrFN3/c1-3-18-6-7-19(9-10(18)2)12-5-4-11(8-17)13(15)14(12)16/h4-5,10H,3,6-9,17H2,1-2H3. The van der Waals surface area contributed by atoms with Gasteiger partial charge in [0.1, 0.15) is 0 Å². The summed E-state index contributed by atoms with van der Waals surface area (Å²) in [4.78, 5) is 4.54. The van der Waals surface area contributed by atoms with E-state index < -0.39 is 0 Å². The van der Waals surface area contributed by atoms with E-state index in [0.717, 1.165) is 31.7 Å². The Bertz CT molecular complexity index is 453. The molecule has 1 saturated heterocycles. The Balaban J connectivity index is 2.22. The second-order valence-electron chi connectivity index (χ2n) is 5.00. The fourth-order valence-corrected chi connectivity index (χ4v) is 3.16. The van der Waals surface area contributed by atoms with Gasteiger partial charge >= 0.3 is 0 Å². The molecule has 0 bridgehead atoms. The summed E-state index contributed by atoms with van der Waals surface area (Å²) in [5, 5.41) is 0. The zero-order chi connectivity index (χ0) is 14.0. The molecule has 0 aliphatic carbocycles. The summed E-state index contributed by atoms with van der Waals surface area (Å²) in [6.07, 6.45) is 0. The molecule has 1 aromatic carbocycles. The third-order valence-corrected chi connectivity index (χ3v) is 4.73. The smallest absolute Gasteiger partial charge is 0.160 e. The maximum atomic E-state index is 14.4. The second kappa shape index (κ2) is 6.20. The minimum Gasteiger partial charge on any atom is -0.366 e. The zero-order valence-electron chi connectivity index (χ0n) is 11.5. The first-order chi connectivity index (χ1) is 9.08. The molecule has 1 heterocycles. The van der Waals surface area contributed by atoms with Gasteiger partial charge in [0.2, 0.25) is 0 Å². The zero-order valence-corrected chi connectivity index (χ0v) is 13.1. The van der Waals surface area contributed by atoms with Crippen molar-refractivity contribution < 1.29 is 4.39 Å². The summed E-state index contributed by atoms with van der Waals surface area (Å²) in [5.74, 6) is -0.194. The highest BCUT2D eigenvalue weighted by Crippen LogP contribution is 2.30. The number of benzene rings is 1. The van der Waals surface area contributed by atoms with E-state index in [1.807, 2.05) is 12.1 Å². The number of piperazine rings is 1. The fraction of sp³-hybridized carbons (Fsp3) is 0.571. The van der Waals surface area contributed by atoms with Crippen LogP contribution in [0, 0.1) is 5.82 Å². The molecule has 0 radical (unpaired) electrons. The summed E-state index contributed by atoms with van der Waals surface area (Å²) >= 11 is 3.31. The van der Waals surface area contributed by atoms with Gasteiger partial charge < -0.3 is 10.6 Å². The van der Waals surface area contributed by atoms with Crippen LogP contribution in [0.25, 0.3) is 0 Å². The molecule has 1 fully saturated rings. The van der Waals surface area contributed by atoms with Gasteiger partial charge in [-0.1, -0.05) is 13.0 Å². The molecule has 5 heteroatoms. The SMILES string of the molecule is CCN1CCN(c2ccc(CN)c(Br)c2F)CC1C. The Labute approximate surface area is 122 Å². The van der Waals surface area contributed by atoms with Gasteiger partial charge in [-0.3, -0.25) is 4.90 Å². The van der Waals surface area contributed by atoms with Crippen molar-refractivity contribution in [2.45, 2.75) is 26.4 Å². The van der Waals surface area contributed by atoms with Crippen LogP contribution >= 0.6 is 15.9 Å². The minimum atomic E-state index is -0.194. The molecule has 3 nitrogen and oxygen atoms in total. The molecule has 1 aliphatic rings. The van der Waals surface area contributed by atoms with Gasteiger partial charge in [0.05, 0.1) is 10.2 Å². The van der Waals surface area contributed by atoms with E-state index in [2.05, 4.69) is 39.6 Å². The maximum absolute atomic E-state index is 14.4. The summed E-state index contributed by atoms with van der Waals surface area (Å²) in [7, 11) is 0. The van der Waals surface area contributed by atoms with Crippen molar-refractivity contribution in [2.24, 2.45) is 5.73 Å². The maximum Gasteiger partial charge on any atom is 0.160 e. The van der Waals surface area contributed by atoms with Crippen molar-refractivity contribution in [3.63, 3.8) is 0 Å². The number of anilines is 1. The Morgan fingerprint density at radius 2 is 2.16 bits per heavy atom. The van der Waals surface area contributed by atoms with Crippen LogP contribution in [-0.4, -0.2) is 37.1 Å². The summed E-state index contributed by atoms with van der Waals surface area (Å²) in [6, 6.07) is 4.20. The van der Waals surface area contributed by atoms with Crippen molar-refractivity contribution in [2.75, 3.05) is 31.1 Å². The van der Waals surface area contributed by atoms with Crippen LogP contribution < -0.4 is 10.6 Å². The number of nitrogens with zero attached hydrogens (tertiary/aromatic N) is 2. The van der Waals surface area contributed by atoms with Gasteiger partial charge in [0.15, 0.2) is 5.82 Å². The van der Waals surface area contributed by atoms with Gasteiger partial charge in [0.25, 0.3) is 0 Å². The number of rotatable bonds is 3.